The molecule has 0 amide bonds. The Hall–Kier alpha value is -2.30. The Bertz CT molecular complexity index is 1030. The van der Waals surface area contributed by atoms with Gasteiger partial charge < -0.3 is 14.4 Å². The number of sulfonamides is 1. The number of rotatable bonds is 9. The van der Waals surface area contributed by atoms with E-state index in [4.69, 9.17) is 4.74 Å². The van der Waals surface area contributed by atoms with Gasteiger partial charge in [0.1, 0.15) is 5.75 Å². The summed E-state index contributed by atoms with van der Waals surface area (Å²) in [5.41, 5.74) is 1.95. The fourth-order valence-electron chi connectivity index (χ4n) is 5.05. The van der Waals surface area contributed by atoms with Gasteiger partial charge in [0.15, 0.2) is 0 Å². The van der Waals surface area contributed by atoms with E-state index in [0.717, 1.165) is 31.9 Å². The molecule has 1 aliphatic carbocycles. The Balaban J connectivity index is 1.42. The van der Waals surface area contributed by atoms with Crippen LogP contribution in [-0.2, 0) is 14.8 Å². The van der Waals surface area contributed by atoms with Crippen LogP contribution in [0.3, 0.4) is 0 Å². The van der Waals surface area contributed by atoms with Gasteiger partial charge in [-0.2, -0.15) is 8.78 Å². The van der Waals surface area contributed by atoms with Crippen LogP contribution >= 0.6 is 0 Å². The molecule has 1 aromatic heterocycles. The first-order valence-corrected chi connectivity index (χ1v) is 13.5. The molecule has 0 spiro atoms. The summed E-state index contributed by atoms with van der Waals surface area (Å²) >= 11 is 0. The molecule has 7 nitrogen and oxygen atoms in total. The zero-order chi connectivity index (χ0) is 24.1. The summed E-state index contributed by atoms with van der Waals surface area (Å²) in [6.07, 6.45) is 8.58. The lowest BCUT2D eigenvalue weighted by Crippen LogP contribution is -2.48. The monoisotopic (exact) mass is 495 g/mol. The number of nitrogens with zero attached hydrogens (tertiary/aromatic N) is 2. The van der Waals surface area contributed by atoms with Crippen LogP contribution in [0.25, 0.3) is 0 Å². The predicted octanol–water partition coefficient (Wildman–Crippen LogP) is 3.92. The third kappa shape index (κ3) is 6.64. The molecule has 1 saturated carbocycles. The van der Waals surface area contributed by atoms with Crippen molar-refractivity contribution in [3.8, 4) is 5.75 Å². The van der Waals surface area contributed by atoms with Crippen LogP contribution in [-0.4, -0.2) is 57.6 Å². The number of alkyl halides is 2. The van der Waals surface area contributed by atoms with Crippen LogP contribution in [0.2, 0.25) is 0 Å². The predicted molar refractivity (Wildman–Crippen MR) is 126 cm³/mol. The highest BCUT2D eigenvalue weighted by Gasteiger charge is 2.37. The Morgan fingerprint density at radius 3 is 2.53 bits per heavy atom. The summed E-state index contributed by atoms with van der Waals surface area (Å²) in [6.45, 7) is -2.07. The number of benzene rings is 1. The van der Waals surface area contributed by atoms with Gasteiger partial charge in [0.25, 0.3) is 0 Å². The maximum atomic E-state index is 12.7. The van der Waals surface area contributed by atoms with Gasteiger partial charge in [0.2, 0.25) is 10.0 Å². The Morgan fingerprint density at radius 1 is 1.12 bits per heavy atom. The van der Waals surface area contributed by atoms with Gasteiger partial charge in [-0.1, -0.05) is 30.3 Å². The lowest BCUT2D eigenvalue weighted by atomic mass is 9.83. The maximum absolute atomic E-state index is 12.7. The average molecular weight is 496 g/mol. The van der Waals surface area contributed by atoms with Crippen LogP contribution < -0.4 is 14.4 Å². The van der Waals surface area contributed by atoms with E-state index in [1.807, 2.05) is 11.0 Å². The Kier molecular flexibility index (Phi) is 8.00. The van der Waals surface area contributed by atoms with Crippen LogP contribution in [0.1, 0.15) is 43.6 Å². The first-order chi connectivity index (χ1) is 16.3. The van der Waals surface area contributed by atoms with E-state index < -0.39 is 16.6 Å². The third-order valence-electron chi connectivity index (χ3n) is 6.61. The summed E-state index contributed by atoms with van der Waals surface area (Å²) in [4.78, 5) is 5.99. The van der Waals surface area contributed by atoms with Crippen LogP contribution in [0.4, 0.5) is 14.5 Å². The van der Waals surface area contributed by atoms with Crippen molar-refractivity contribution in [3.05, 3.63) is 54.4 Å². The van der Waals surface area contributed by atoms with Crippen molar-refractivity contribution in [1.29, 1.82) is 0 Å². The molecule has 1 aromatic carbocycles. The van der Waals surface area contributed by atoms with Crippen molar-refractivity contribution >= 4 is 15.7 Å². The molecule has 34 heavy (non-hydrogen) atoms. The zero-order valence-electron chi connectivity index (χ0n) is 19.1. The number of pyridine rings is 1. The van der Waals surface area contributed by atoms with E-state index in [1.165, 1.54) is 17.8 Å². The highest BCUT2D eigenvalue weighted by Crippen LogP contribution is 2.35. The second-order valence-electron chi connectivity index (χ2n) is 9.02. The molecule has 4 rings (SSSR count). The SMILES string of the molecule is CS(=O)(=O)N[C@H]1CCN(c2cncc(OC(F)F)c2)[C@H]1CO[C@H]1CC[C@@H](c2ccccc2)CC1. The number of ether oxygens (including phenoxy) is 2. The zero-order valence-corrected chi connectivity index (χ0v) is 20.0. The molecule has 1 aliphatic heterocycles. The summed E-state index contributed by atoms with van der Waals surface area (Å²) in [6, 6.07) is 11.4. The Morgan fingerprint density at radius 2 is 1.85 bits per heavy atom. The van der Waals surface area contributed by atoms with E-state index in [9.17, 15) is 17.2 Å². The minimum absolute atomic E-state index is 0.0362. The quantitative estimate of drug-likeness (QED) is 0.568. The van der Waals surface area contributed by atoms with Gasteiger partial charge in [-0.15, -0.1) is 0 Å². The van der Waals surface area contributed by atoms with Crippen LogP contribution in [0, 0.1) is 0 Å². The smallest absolute Gasteiger partial charge is 0.387 e. The standard InChI is InChI=1S/C24H31F2N3O4S/c1-34(30,31)28-22-11-12-29(19-13-21(15-27-14-19)33-24(25)26)23(22)16-32-20-9-7-18(8-10-20)17-5-3-2-4-6-17/h2-6,13-15,18,20,22-24,28H,7-12,16H2,1H3/t18-,20+,22-,23-/m0/s1. The summed E-state index contributed by atoms with van der Waals surface area (Å²) in [7, 11) is -3.42. The van der Waals surface area contributed by atoms with Crippen LogP contribution in [0.15, 0.2) is 48.8 Å². The Labute approximate surface area is 199 Å². The fourth-order valence-corrected chi connectivity index (χ4v) is 5.87. The van der Waals surface area contributed by atoms with Crippen molar-refractivity contribution in [2.75, 3.05) is 24.3 Å². The average Bonchev–Trinajstić information content (AvgIpc) is 3.19. The van der Waals surface area contributed by atoms with Crippen molar-refractivity contribution < 1.29 is 26.7 Å². The van der Waals surface area contributed by atoms with Gasteiger partial charge in [-0.05, 0) is 43.6 Å². The summed E-state index contributed by atoms with van der Waals surface area (Å²) in [5, 5.41) is 0. The summed E-state index contributed by atoms with van der Waals surface area (Å²) in [5.74, 6) is 0.498. The molecule has 1 saturated heterocycles. The molecule has 2 atom stereocenters. The summed E-state index contributed by atoms with van der Waals surface area (Å²) < 4.78 is 62.7. The lowest BCUT2D eigenvalue weighted by Gasteiger charge is -2.33. The van der Waals surface area contributed by atoms with Gasteiger partial charge in [-0.3, -0.25) is 4.98 Å². The van der Waals surface area contributed by atoms with E-state index in [2.05, 4.69) is 38.7 Å². The molecule has 2 aromatic rings. The molecule has 2 fully saturated rings. The second kappa shape index (κ2) is 11.0. The fraction of sp³-hybridized carbons (Fsp3) is 0.542. The number of hydrogen-bond donors (Lipinski definition) is 1. The molecule has 186 valence electrons. The molecule has 2 aliphatic rings. The number of aromatic nitrogens is 1. The largest absolute Gasteiger partial charge is 0.433 e. The minimum Gasteiger partial charge on any atom is -0.433 e. The van der Waals surface area contributed by atoms with Crippen LogP contribution in [0.5, 0.6) is 5.75 Å². The first-order valence-electron chi connectivity index (χ1n) is 11.6. The minimum atomic E-state index is -3.42. The van der Waals surface area contributed by atoms with E-state index in [1.54, 1.807) is 6.20 Å². The molecule has 0 radical (unpaired) electrons. The molecule has 10 heteroatoms. The molecule has 0 unspecified atom stereocenters. The number of nitrogens with one attached hydrogen (secondary N) is 1. The van der Waals surface area contributed by atoms with E-state index in [0.29, 0.717) is 31.2 Å². The molecule has 0 bridgehead atoms. The van der Waals surface area contributed by atoms with Crippen molar-refractivity contribution in [1.82, 2.24) is 9.71 Å². The van der Waals surface area contributed by atoms with Gasteiger partial charge in [0, 0.05) is 18.7 Å². The maximum Gasteiger partial charge on any atom is 0.387 e. The van der Waals surface area contributed by atoms with Crippen molar-refractivity contribution in [2.24, 2.45) is 0 Å². The van der Waals surface area contributed by atoms with Gasteiger partial charge in [0.05, 0.1) is 43.1 Å². The number of hydrogen-bond acceptors (Lipinski definition) is 6. The lowest BCUT2D eigenvalue weighted by molar-refractivity contribution is -0.0500. The number of halogens is 2. The van der Waals surface area contributed by atoms with Gasteiger partial charge in [-0.25, -0.2) is 13.1 Å². The highest BCUT2D eigenvalue weighted by molar-refractivity contribution is 7.88. The van der Waals surface area contributed by atoms with Crippen molar-refractivity contribution in [3.63, 3.8) is 0 Å². The number of anilines is 1. The topological polar surface area (TPSA) is 80.8 Å². The first kappa shape index (κ1) is 24.8. The molecule has 1 N–H and O–H groups in total. The highest BCUT2D eigenvalue weighted by atomic mass is 32.2. The molecule has 2 heterocycles. The van der Waals surface area contributed by atoms with E-state index in [-0.39, 0.29) is 23.9 Å². The van der Waals surface area contributed by atoms with Crippen molar-refractivity contribution in [2.45, 2.75) is 62.8 Å². The molecular formula is C24H31F2N3O4S. The third-order valence-corrected chi connectivity index (χ3v) is 7.35. The second-order valence-corrected chi connectivity index (χ2v) is 10.8. The van der Waals surface area contributed by atoms with Gasteiger partial charge >= 0.3 is 6.61 Å². The normalized spacial score (nSPS) is 25.6. The van der Waals surface area contributed by atoms with E-state index >= 15 is 0 Å². The molecular weight excluding hydrogens is 464 g/mol.